The van der Waals surface area contributed by atoms with E-state index in [9.17, 15) is 14.4 Å². The highest BCUT2D eigenvalue weighted by molar-refractivity contribution is 5.91. The van der Waals surface area contributed by atoms with Gasteiger partial charge >= 0.3 is 0 Å². The van der Waals surface area contributed by atoms with E-state index < -0.39 is 23.9 Å². The minimum Gasteiger partial charge on any atom is -0.489 e. The molecular formula is C32H41ClN4O4. The molecule has 9 heteroatoms. The highest BCUT2D eigenvalue weighted by atomic mass is 35.5. The van der Waals surface area contributed by atoms with E-state index in [4.69, 9.17) is 10.5 Å². The fourth-order valence-electron chi connectivity index (χ4n) is 4.13. The molecule has 3 rings (SSSR count). The standard InChI is InChI=1S/C32H40N4O4.ClH/c1-23(2)19-29(36-31(38)28(33)20-25-9-5-3-6-10-25)32(39)35-21-30(37)34-18-17-24-13-15-27(16-14-24)40-22-26-11-7-4-8-12-26;/h3-16,23,28-29H,17-22,33H2,1-2H3,(H,34,37)(H,35,39)(H,36,38);1H/t28-,29-;/m0./s1. The highest BCUT2D eigenvalue weighted by Crippen LogP contribution is 2.14. The van der Waals surface area contributed by atoms with E-state index in [-0.39, 0.29) is 30.8 Å². The summed E-state index contributed by atoms with van der Waals surface area (Å²) < 4.78 is 5.81. The molecular weight excluding hydrogens is 540 g/mol. The first-order valence-corrected chi connectivity index (χ1v) is 13.7. The van der Waals surface area contributed by atoms with Crippen LogP contribution in [0.3, 0.4) is 0 Å². The summed E-state index contributed by atoms with van der Waals surface area (Å²) >= 11 is 0. The first kappa shape index (κ1) is 33.3. The van der Waals surface area contributed by atoms with Gasteiger partial charge in [-0.15, -0.1) is 12.4 Å². The van der Waals surface area contributed by atoms with Crippen molar-refractivity contribution in [1.29, 1.82) is 0 Å². The molecule has 0 unspecified atom stereocenters. The van der Waals surface area contributed by atoms with E-state index in [0.717, 1.165) is 22.4 Å². The number of rotatable bonds is 15. The van der Waals surface area contributed by atoms with Gasteiger partial charge in [0.15, 0.2) is 0 Å². The molecule has 3 aromatic rings. The summed E-state index contributed by atoms with van der Waals surface area (Å²) in [5.41, 5.74) is 9.19. The largest absolute Gasteiger partial charge is 0.489 e. The number of halogens is 1. The molecule has 0 heterocycles. The van der Waals surface area contributed by atoms with E-state index >= 15 is 0 Å². The predicted octanol–water partition coefficient (Wildman–Crippen LogP) is 3.56. The maximum absolute atomic E-state index is 12.8. The molecule has 2 atom stereocenters. The van der Waals surface area contributed by atoms with Gasteiger partial charge in [0, 0.05) is 6.54 Å². The molecule has 0 aliphatic rings. The van der Waals surface area contributed by atoms with Gasteiger partial charge in [-0.2, -0.15) is 0 Å². The van der Waals surface area contributed by atoms with E-state index in [1.807, 2.05) is 98.8 Å². The van der Waals surface area contributed by atoms with Crippen LogP contribution >= 0.6 is 12.4 Å². The van der Waals surface area contributed by atoms with Crippen LogP contribution in [0.2, 0.25) is 0 Å². The molecule has 0 aromatic heterocycles. The molecule has 0 aliphatic carbocycles. The minimum atomic E-state index is -0.780. The van der Waals surface area contributed by atoms with Crippen molar-refractivity contribution in [3.63, 3.8) is 0 Å². The molecule has 0 fully saturated rings. The van der Waals surface area contributed by atoms with Gasteiger partial charge in [0.2, 0.25) is 17.7 Å². The van der Waals surface area contributed by atoms with Crippen LogP contribution in [-0.4, -0.2) is 42.9 Å². The number of carbonyl (C=O) groups excluding carboxylic acids is 3. The molecule has 0 spiro atoms. The Morgan fingerprint density at radius 1 is 0.780 bits per heavy atom. The van der Waals surface area contributed by atoms with Crippen molar-refractivity contribution in [2.45, 2.75) is 51.8 Å². The second-order valence-electron chi connectivity index (χ2n) is 10.2. The molecule has 8 nitrogen and oxygen atoms in total. The van der Waals surface area contributed by atoms with Gasteiger partial charge in [0.25, 0.3) is 0 Å². The smallest absolute Gasteiger partial charge is 0.243 e. The number of carbonyl (C=O) groups is 3. The summed E-state index contributed by atoms with van der Waals surface area (Å²) in [7, 11) is 0. The van der Waals surface area contributed by atoms with Crippen LogP contribution in [0.5, 0.6) is 5.75 Å². The van der Waals surface area contributed by atoms with Crippen molar-refractivity contribution in [3.05, 3.63) is 102 Å². The third-order valence-electron chi connectivity index (χ3n) is 6.31. The Hall–Kier alpha value is -3.88. The molecule has 41 heavy (non-hydrogen) atoms. The summed E-state index contributed by atoms with van der Waals surface area (Å²) in [6.07, 6.45) is 1.45. The first-order valence-electron chi connectivity index (χ1n) is 13.7. The summed E-state index contributed by atoms with van der Waals surface area (Å²) in [6, 6.07) is 25.7. The summed E-state index contributed by atoms with van der Waals surface area (Å²) in [4.78, 5) is 37.8. The lowest BCUT2D eigenvalue weighted by Crippen LogP contribution is -2.53. The maximum atomic E-state index is 12.8. The molecule has 0 saturated heterocycles. The molecule has 220 valence electrons. The van der Waals surface area contributed by atoms with E-state index in [2.05, 4.69) is 16.0 Å². The summed E-state index contributed by atoms with van der Waals surface area (Å²) in [6.45, 7) is 4.69. The molecule has 0 aliphatic heterocycles. The van der Waals surface area contributed by atoms with Crippen LogP contribution in [-0.2, 0) is 33.8 Å². The number of hydrogen-bond acceptors (Lipinski definition) is 5. The van der Waals surface area contributed by atoms with Gasteiger partial charge < -0.3 is 26.4 Å². The van der Waals surface area contributed by atoms with Gasteiger partial charge in [-0.05, 0) is 54.0 Å². The Balaban J connectivity index is 0.00000588. The average Bonchev–Trinajstić information content (AvgIpc) is 2.96. The first-order chi connectivity index (χ1) is 19.3. The Labute approximate surface area is 248 Å². The Kier molecular flexibility index (Phi) is 14.4. The second-order valence-corrected chi connectivity index (χ2v) is 10.2. The van der Waals surface area contributed by atoms with Crippen LogP contribution in [0.15, 0.2) is 84.9 Å². The van der Waals surface area contributed by atoms with E-state index in [0.29, 0.717) is 32.4 Å². The number of hydrogen-bond donors (Lipinski definition) is 4. The predicted molar refractivity (Wildman–Crippen MR) is 164 cm³/mol. The highest BCUT2D eigenvalue weighted by Gasteiger charge is 2.25. The lowest BCUT2D eigenvalue weighted by atomic mass is 10.0. The van der Waals surface area contributed by atoms with Crippen molar-refractivity contribution in [2.24, 2.45) is 11.7 Å². The van der Waals surface area contributed by atoms with Crippen molar-refractivity contribution >= 4 is 30.1 Å². The van der Waals surface area contributed by atoms with Crippen LogP contribution in [0.1, 0.15) is 37.0 Å². The maximum Gasteiger partial charge on any atom is 0.243 e. The molecule has 5 N–H and O–H groups in total. The van der Waals surface area contributed by atoms with Gasteiger partial charge in [-0.1, -0.05) is 86.6 Å². The van der Waals surface area contributed by atoms with Crippen molar-refractivity contribution in [2.75, 3.05) is 13.1 Å². The fraction of sp³-hybridized carbons (Fsp3) is 0.344. The number of nitrogens with one attached hydrogen (secondary N) is 3. The van der Waals surface area contributed by atoms with Crippen LogP contribution in [0.25, 0.3) is 0 Å². The zero-order valence-electron chi connectivity index (χ0n) is 23.7. The Bertz CT molecular complexity index is 1210. The van der Waals surface area contributed by atoms with Crippen LogP contribution in [0, 0.1) is 5.92 Å². The minimum absolute atomic E-state index is 0. The van der Waals surface area contributed by atoms with Crippen molar-refractivity contribution in [1.82, 2.24) is 16.0 Å². The van der Waals surface area contributed by atoms with Crippen LogP contribution < -0.4 is 26.4 Å². The van der Waals surface area contributed by atoms with Crippen LogP contribution in [0.4, 0.5) is 0 Å². The number of nitrogens with two attached hydrogens (primary N) is 1. The molecule has 3 amide bonds. The average molecular weight is 581 g/mol. The second kappa shape index (κ2) is 17.7. The topological polar surface area (TPSA) is 123 Å². The third-order valence-corrected chi connectivity index (χ3v) is 6.31. The van der Waals surface area contributed by atoms with Crippen molar-refractivity contribution in [3.8, 4) is 5.75 Å². The van der Waals surface area contributed by atoms with Crippen molar-refractivity contribution < 1.29 is 19.1 Å². The van der Waals surface area contributed by atoms with Gasteiger partial charge in [-0.25, -0.2) is 0 Å². The van der Waals surface area contributed by atoms with E-state index in [1.165, 1.54) is 0 Å². The number of benzene rings is 3. The fourth-order valence-corrected chi connectivity index (χ4v) is 4.13. The normalized spacial score (nSPS) is 12.0. The number of amides is 3. The summed E-state index contributed by atoms with van der Waals surface area (Å²) in [5.74, 6) is -0.166. The zero-order valence-corrected chi connectivity index (χ0v) is 24.5. The van der Waals surface area contributed by atoms with Gasteiger partial charge in [0.1, 0.15) is 18.4 Å². The quantitative estimate of drug-likeness (QED) is 0.219. The zero-order chi connectivity index (χ0) is 28.7. The third kappa shape index (κ3) is 12.4. The molecule has 0 radical (unpaired) electrons. The number of ether oxygens (including phenoxy) is 1. The Morgan fingerprint density at radius 2 is 1.39 bits per heavy atom. The molecule has 3 aromatic carbocycles. The molecule has 0 bridgehead atoms. The lowest BCUT2D eigenvalue weighted by Gasteiger charge is -2.22. The monoisotopic (exact) mass is 580 g/mol. The SMILES string of the molecule is CC(C)C[C@H](NC(=O)[C@@H](N)Cc1ccccc1)C(=O)NCC(=O)NCCc1ccc(OCc2ccccc2)cc1.Cl. The summed E-state index contributed by atoms with van der Waals surface area (Å²) in [5, 5.41) is 8.23. The lowest BCUT2D eigenvalue weighted by molar-refractivity contribution is -0.131. The Morgan fingerprint density at radius 3 is 2.00 bits per heavy atom. The van der Waals surface area contributed by atoms with Gasteiger partial charge in [-0.3, -0.25) is 14.4 Å². The van der Waals surface area contributed by atoms with Gasteiger partial charge in [0.05, 0.1) is 12.6 Å². The molecule has 0 saturated carbocycles. The van der Waals surface area contributed by atoms with E-state index in [1.54, 1.807) is 0 Å².